The van der Waals surface area contributed by atoms with E-state index >= 15 is 0 Å². The zero-order valence-electron chi connectivity index (χ0n) is 22.3. The first kappa shape index (κ1) is 30.0. The van der Waals surface area contributed by atoms with Gasteiger partial charge in [0.25, 0.3) is 0 Å². The zero-order chi connectivity index (χ0) is 25.2. The Hall–Kier alpha value is -2.04. The van der Waals surface area contributed by atoms with Crippen molar-refractivity contribution < 1.29 is 23.8 Å². The van der Waals surface area contributed by atoms with Gasteiger partial charge < -0.3 is 14.2 Å². The summed E-state index contributed by atoms with van der Waals surface area (Å²) in [6, 6.07) is 5.21. The molecule has 34 heavy (non-hydrogen) atoms. The molecule has 0 amide bonds. The van der Waals surface area contributed by atoms with Gasteiger partial charge in [-0.2, -0.15) is 0 Å². The van der Waals surface area contributed by atoms with Crippen molar-refractivity contribution in [3.63, 3.8) is 0 Å². The summed E-state index contributed by atoms with van der Waals surface area (Å²) in [5.41, 5.74) is 0. The molecule has 1 aromatic rings. The van der Waals surface area contributed by atoms with Gasteiger partial charge in [0.15, 0.2) is 11.5 Å². The topological polar surface area (TPSA) is 61.8 Å². The maximum absolute atomic E-state index is 12.5. The average Bonchev–Trinajstić information content (AvgIpc) is 2.77. The van der Waals surface area contributed by atoms with Crippen LogP contribution in [0.25, 0.3) is 0 Å². The van der Waals surface area contributed by atoms with Crippen LogP contribution in [0.15, 0.2) is 18.2 Å². The second-order valence-electron chi connectivity index (χ2n) is 10.1. The van der Waals surface area contributed by atoms with Crippen LogP contribution in [0.5, 0.6) is 17.2 Å². The molecule has 0 saturated carbocycles. The van der Waals surface area contributed by atoms with Gasteiger partial charge in [-0.15, -0.1) is 0 Å². The molecule has 1 rings (SSSR count). The monoisotopic (exact) mass is 476 g/mol. The Morgan fingerprint density at radius 1 is 0.706 bits per heavy atom. The van der Waals surface area contributed by atoms with E-state index in [1.807, 2.05) is 0 Å². The van der Waals surface area contributed by atoms with Gasteiger partial charge in [0.2, 0.25) is 5.75 Å². The van der Waals surface area contributed by atoms with Crippen molar-refractivity contribution in [3.8, 4) is 17.2 Å². The minimum Gasteiger partial charge on any atom is -0.490 e. The van der Waals surface area contributed by atoms with Gasteiger partial charge in [-0.25, -0.2) is 0 Å². The number of ether oxygens (including phenoxy) is 3. The van der Waals surface area contributed by atoms with Crippen molar-refractivity contribution >= 4 is 11.9 Å². The number of benzene rings is 1. The fraction of sp³-hybridized carbons (Fsp3) is 0.724. The lowest BCUT2D eigenvalue weighted by molar-refractivity contribution is -0.137. The Balaban J connectivity index is 2.75. The van der Waals surface area contributed by atoms with Gasteiger partial charge in [-0.3, -0.25) is 9.59 Å². The molecule has 194 valence electrons. The van der Waals surface area contributed by atoms with E-state index in [0.29, 0.717) is 37.0 Å². The number of esters is 2. The lowest BCUT2D eigenvalue weighted by Crippen LogP contribution is -2.13. The molecular weight excluding hydrogens is 428 g/mol. The highest BCUT2D eigenvalue weighted by molar-refractivity contribution is 5.77. The first-order valence-corrected chi connectivity index (χ1v) is 13.5. The SMILES string of the molecule is CCCCCCCCCOc1cccc(OC(=O)CCCC(C)C)c1OC(=O)CCCC(C)C. The Morgan fingerprint density at radius 3 is 1.82 bits per heavy atom. The standard InChI is InChI=1S/C29H48O5/c1-6-7-8-9-10-11-12-22-32-25-18-15-19-26(33-27(30)20-13-16-23(2)3)29(25)34-28(31)21-14-17-24(4)5/h15,18-19,23-24H,6-14,16-17,20-22H2,1-5H3. The maximum atomic E-state index is 12.5. The van der Waals surface area contributed by atoms with Crippen molar-refractivity contribution in [2.45, 2.75) is 118 Å². The molecule has 0 saturated heterocycles. The van der Waals surface area contributed by atoms with Crippen LogP contribution in [-0.4, -0.2) is 18.5 Å². The summed E-state index contributed by atoms with van der Waals surface area (Å²) < 4.78 is 17.3. The van der Waals surface area contributed by atoms with Gasteiger partial charge in [-0.05, 0) is 43.2 Å². The molecular formula is C29H48O5. The molecule has 5 nitrogen and oxygen atoms in total. The summed E-state index contributed by atoms with van der Waals surface area (Å²) in [6.45, 7) is 11.3. The molecule has 0 unspecified atom stereocenters. The van der Waals surface area contributed by atoms with E-state index in [9.17, 15) is 9.59 Å². The van der Waals surface area contributed by atoms with E-state index in [2.05, 4.69) is 34.6 Å². The number of hydrogen-bond donors (Lipinski definition) is 0. The molecule has 1 aromatic carbocycles. The van der Waals surface area contributed by atoms with Crippen LogP contribution in [0.2, 0.25) is 0 Å². The lowest BCUT2D eigenvalue weighted by Gasteiger charge is -2.15. The number of unbranched alkanes of at least 4 members (excludes halogenated alkanes) is 6. The van der Waals surface area contributed by atoms with Crippen LogP contribution >= 0.6 is 0 Å². The Labute approximate surface area is 207 Å². The van der Waals surface area contributed by atoms with Crippen molar-refractivity contribution in [3.05, 3.63) is 18.2 Å². The molecule has 0 aliphatic heterocycles. The van der Waals surface area contributed by atoms with Crippen LogP contribution in [0.3, 0.4) is 0 Å². The van der Waals surface area contributed by atoms with E-state index in [4.69, 9.17) is 14.2 Å². The summed E-state index contributed by atoms with van der Waals surface area (Å²) in [5.74, 6) is 1.36. The quantitative estimate of drug-likeness (QED) is 0.114. The Morgan fingerprint density at radius 2 is 1.24 bits per heavy atom. The fourth-order valence-corrected chi connectivity index (χ4v) is 3.68. The second kappa shape index (κ2) is 18.3. The maximum Gasteiger partial charge on any atom is 0.311 e. The highest BCUT2D eigenvalue weighted by Gasteiger charge is 2.19. The van der Waals surface area contributed by atoms with E-state index in [1.54, 1.807) is 18.2 Å². The van der Waals surface area contributed by atoms with Crippen molar-refractivity contribution in [1.82, 2.24) is 0 Å². The first-order chi connectivity index (χ1) is 16.3. The van der Waals surface area contributed by atoms with Crippen LogP contribution in [0.1, 0.15) is 118 Å². The van der Waals surface area contributed by atoms with Crippen LogP contribution in [0, 0.1) is 11.8 Å². The molecule has 0 heterocycles. The summed E-state index contributed by atoms with van der Waals surface area (Å²) in [4.78, 5) is 24.9. The van der Waals surface area contributed by atoms with E-state index in [0.717, 1.165) is 38.5 Å². The fourth-order valence-electron chi connectivity index (χ4n) is 3.68. The average molecular weight is 477 g/mol. The summed E-state index contributed by atoms with van der Waals surface area (Å²) in [7, 11) is 0. The molecule has 0 atom stereocenters. The number of hydrogen-bond acceptors (Lipinski definition) is 5. The normalized spacial score (nSPS) is 11.1. The predicted molar refractivity (Wildman–Crippen MR) is 139 cm³/mol. The molecule has 0 spiro atoms. The smallest absolute Gasteiger partial charge is 0.311 e. The van der Waals surface area contributed by atoms with Gasteiger partial charge in [-0.1, -0.05) is 92.1 Å². The molecule has 0 bridgehead atoms. The highest BCUT2D eigenvalue weighted by atomic mass is 16.6. The van der Waals surface area contributed by atoms with Gasteiger partial charge in [0.1, 0.15) is 0 Å². The number of para-hydroxylation sites is 1. The van der Waals surface area contributed by atoms with Gasteiger partial charge in [0, 0.05) is 12.8 Å². The van der Waals surface area contributed by atoms with E-state index < -0.39 is 0 Å². The third kappa shape index (κ3) is 14.3. The molecule has 0 aliphatic rings. The number of carbonyl (C=O) groups excluding carboxylic acids is 2. The number of carbonyl (C=O) groups is 2. The third-order valence-electron chi connectivity index (χ3n) is 5.71. The molecule has 5 heteroatoms. The molecule has 0 N–H and O–H groups in total. The molecule has 0 radical (unpaired) electrons. The van der Waals surface area contributed by atoms with Crippen molar-refractivity contribution in [1.29, 1.82) is 0 Å². The van der Waals surface area contributed by atoms with Crippen molar-refractivity contribution in [2.24, 2.45) is 11.8 Å². The zero-order valence-corrected chi connectivity index (χ0v) is 22.3. The van der Waals surface area contributed by atoms with Crippen molar-refractivity contribution in [2.75, 3.05) is 6.61 Å². The highest BCUT2D eigenvalue weighted by Crippen LogP contribution is 2.38. The lowest BCUT2D eigenvalue weighted by atomic mass is 10.1. The minimum absolute atomic E-state index is 0.220. The molecule has 0 aromatic heterocycles. The number of rotatable bonds is 19. The minimum atomic E-state index is -0.329. The van der Waals surface area contributed by atoms with E-state index in [-0.39, 0.29) is 23.4 Å². The summed E-state index contributed by atoms with van der Waals surface area (Å²) >= 11 is 0. The molecule has 0 aliphatic carbocycles. The van der Waals surface area contributed by atoms with Gasteiger partial charge in [0.05, 0.1) is 6.61 Å². The van der Waals surface area contributed by atoms with Gasteiger partial charge >= 0.3 is 11.9 Å². The Kier molecular flexibility index (Phi) is 16.1. The largest absolute Gasteiger partial charge is 0.490 e. The van der Waals surface area contributed by atoms with E-state index in [1.165, 1.54) is 32.1 Å². The summed E-state index contributed by atoms with van der Waals surface area (Å²) in [5, 5.41) is 0. The predicted octanol–water partition coefficient (Wildman–Crippen LogP) is 8.28. The first-order valence-electron chi connectivity index (χ1n) is 13.5. The molecule has 0 fully saturated rings. The second-order valence-corrected chi connectivity index (χ2v) is 10.1. The van der Waals surface area contributed by atoms with Crippen LogP contribution in [-0.2, 0) is 9.59 Å². The third-order valence-corrected chi connectivity index (χ3v) is 5.71. The summed E-state index contributed by atoms with van der Waals surface area (Å²) in [6.07, 6.45) is 12.5. The van der Waals surface area contributed by atoms with Crippen LogP contribution < -0.4 is 14.2 Å². The Bertz CT molecular complexity index is 696. The van der Waals surface area contributed by atoms with Crippen LogP contribution in [0.4, 0.5) is 0 Å².